The van der Waals surface area contributed by atoms with Gasteiger partial charge in [-0.15, -0.1) is 0 Å². The molecule has 1 heterocycles. The molecule has 0 amide bonds. The number of anilines is 1. The number of esters is 1. The summed E-state index contributed by atoms with van der Waals surface area (Å²) >= 11 is 0. The van der Waals surface area contributed by atoms with E-state index in [4.69, 9.17) is 10.5 Å². The summed E-state index contributed by atoms with van der Waals surface area (Å²) in [5.74, 6) is -0.602. The maximum Gasteiger partial charge on any atom is 0.357 e. The van der Waals surface area contributed by atoms with E-state index in [1.807, 2.05) is 30.3 Å². The quantitative estimate of drug-likeness (QED) is 0.234. The molecule has 5 heteroatoms. The number of nitrogens with two attached hydrogens (primary N) is 1. The van der Waals surface area contributed by atoms with E-state index in [2.05, 4.69) is 91.0 Å². The van der Waals surface area contributed by atoms with Crippen LogP contribution in [0.3, 0.4) is 0 Å². The lowest BCUT2D eigenvalue weighted by molar-refractivity contribution is 0.0593. The number of benzene rings is 4. The molecule has 0 fully saturated rings. The Hall–Kier alpha value is -5.08. The van der Waals surface area contributed by atoms with Gasteiger partial charge in [0.1, 0.15) is 6.07 Å². The molecule has 0 bridgehead atoms. The van der Waals surface area contributed by atoms with E-state index in [9.17, 15) is 10.1 Å². The molecule has 0 saturated heterocycles. The third kappa shape index (κ3) is 3.95. The van der Waals surface area contributed by atoms with Gasteiger partial charge in [0.05, 0.1) is 23.8 Å². The predicted octanol–water partition coefficient (Wildman–Crippen LogP) is 6.10. The first-order valence-electron chi connectivity index (χ1n) is 11.9. The number of nitriles is 1. The van der Waals surface area contributed by atoms with Crippen molar-refractivity contribution in [2.45, 2.75) is 5.41 Å². The van der Waals surface area contributed by atoms with Crippen LogP contribution < -0.4 is 5.73 Å². The van der Waals surface area contributed by atoms with E-state index in [0.717, 1.165) is 22.3 Å². The Balaban J connectivity index is 1.76. The van der Waals surface area contributed by atoms with Crippen molar-refractivity contribution in [3.8, 4) is 11.8 Å². The zero-order chi connectivity index (χ0) is 25.8. The van der Waals surface area contributed by atoms with Crippen molar-refractivity contribution in [2.75, 3.05) is 12.8 Å². The zero-order valence-corrected chi connectivity index (χ0v) is 20.3. The summed E-state index contributed by atoms with van der Waals surface area (Å²) in [6, 6.07) is 41.3. The van der Waals surface area contributed by atoms with Gasteiger partial charge < -0.3 is 15.0 Å². The van der Waals surface area contributed by atoms with Gasteiger partial charge in [-0.25, -0.2) is 4.79 Å². The third-order valence-electron chi connectivity index (χ3n) is 6.74. The maximum absolute atomic E-state index is 12.5. The van der Waals surface area contributed by atoms with Crippen LogP contribution in [0.1, 0.15) is 38.3 Å². The van der Waals surface area contributed by atoms with E-state index < -0.39 is 11.4 Å². The molecular weight excluding hydrogens is 458 g/mol. The molecule has 0 atom stereocenters. The van der Waals surface area contributed by atoms with Crippen LogP contribution in [0.15, 0.2) is 121 Å². The monoisotopic (exact) mass is 483 g/mol. The van der Waals surface area contributed by atoms with Crippen LogP contribution in [-0.2, 0) is 10.2 Å². The minimum Gasteiger partial charge on any atom is -0.464 e. The number of carbonyl (C=O) groups excluding carboxylic acids is 1. The zero-order valence-electron chi connectivity index (χ0n) is 20.3. The van der Waals surface area contributed by atoms with Crippen LogP contribution in [0, 0.1) is 11.3 Å². The molecule has 0 saturated carbocycles. The average Bonchev–Trinajstić information content (AvgIpc) is 3.31. The van der Waals surface area contributed by atoms with Crippen LogP contribution in [0.2, 0.25) is 0 Å². The Labute approximate surface area is 216 Å². The largest absolute Gasteiger partial charge is 0.464 e. The van der Waals surface area contributed by atoms with Crippen molar-refractivity contribution in [1.29, 1.82) is 5.26 Å². The van der Waals surface area contributed by atoms with Gasteiger partial charge in [0, 0.05) is 11.9 Å². The van der Waals surface area contributed by atoms with Crippen molar-refractivity contribution < 1.29 is 9.53 Å². The summed E-state index contributed by atoms with van der Waals surface area (Å²) in [6.07, 6.45) is 1.56. The summed E-state index contributed by atoms with van der Waals surface area (Å²) in [5.41, 5.74) is 11.1. The van der Waals surface area contributed by atoms with Gasteiger partial charge in [-0.2, -0.15) is 5.26 Å². The number of rotatable bonds is 6. The number of ether oxygens (including phenoxy) is 1. The molecule has 0 unspecified atom stereocenters. The summed E-state index contributed by atoms with van der Waals surface area (Å²) < 4.78 is 6.55. The molecule has 5 nitrogen and oxygen atoms in total. The fourth-order valence-corrected chi connectivity index (χ4v) is 5.05. The van der Waals surface area contributed by atoms with Gasteiger partial charge >= 0.3 is 5.97 Å². The van der Waals surface area contributed by atoms with Crippen LogP contribution in [0.5, 0.6) is 0 Å². The molecule has 0 radical (unpaired) electrons. The van der Waals surface area contributed by atoms with Crippen molar-refractivity contribution in [3.05, 3.63) is 155 Å². The van der Waals surface area contributed by atoms with Gasteiger partial charge in [-0.3, -0.25) is 0 Å². The van der Waals surface area contributed by atoms with E-state index in [1.54, 1.807) is 10.8 Å². The normalized spacial score (nSPS) is 11.0. The second kappa shape index (κ2) is 9.88. The van der Waals surface area contributed by atoms with Crippen LogP contribution >= 0.6 is 0 Å². The van der Waals surface area contributed by atoms with E-state index >= 15 is 0 Å². The molecule has 1 aromatic heterocycles. The predicted molar refractivity (Wildman–Crippen MR) is 145 cm³/mol. The van der Waals surface area contributed by atoms with Crippen molar-refractivity contribution >= 4 is 11.7 Å². The minimum absolute atomic E-state index is 0.102. The number of nitrogens with zero attached hydrogens (tertiary/aromatic N) is 2. The summed E-state index contributed by atoms with van der Waals surface area (Å²) in [4.78, 5) is 12.5. The highest BCUT2D eigenvalue weighted by Crippen LogP contribution is 2.45. The number of nitrogen functional groups attached to an aromatic ring is 1. The smallest absolute Gasteiger partial charge is 0.357 e. The number of hydrogen-bond acceptors (Lipinski definition) is 4. The highest BCUT2D eigenvalue weighted by atomic mass is 16.5. The molecule has 2 N–H and O–H groups in total. The SMILES string of the molecule is COC(=O)c1c(N)c(C#N)cn1-c1ccc(C(c2ccccc2)(c2ccccc2)c2ccccc2)cc1. The standard InChI is InChI=1S/C32H25N3O2/c1-37-31(36)30-29(34)23(21-33)22-35(30)28-19-17-27(18-20-28)32(24-11-5-2-6-12-24,25-13-7-3-8-14-25)26-15-9-4-10-16-26/h2-20,22H,34H2,1H3. The van der Waals surface area contributed by atoms with Gasteiger partial charge in [0.15, 0.2) is 5.69 Å². The Morgan fingerprint density at radius 1 is 0.757 bits per heavy atom. The summed E-state index contributed by atoms with van der Waals surface area (Å²) in [6.45, 7) is 0. The Morgan fingerprint density at radius 3 is 1.59 bits per heavy atom. The number of methoxy groups -OCH3 is 1. The van der Waals surface area contributed by atoms with E-state index in [0.29, 0.717) is 5.69 Å². The number of hydrogen-bond donors (Lipinski definition) is 1. The highest BCUT2D eigenvalue weighted by molar-refractivity contribution is 5.96. The molecule has 0 spiro atoms. The molecule has 4 aromatic carbocycles. The van der Waals surface area contributed by atoms with Crippen molar-refractivity contribution in [2.24, 2.45) is 0 Å². The van der Waals surface area contributed by atoms with E-state index in [-0.39, 0.29) is 16.9 Å². The molecular formula is C32H25N3O2. The topological polar surface area (TPSA) is 81.0 Å². The fourth-order valence-electron chi connectivity index (χ4n) is 5.05. The third-order valence-corrected chi connectivity index (χ3v) is 6.74. The second-order valence-corrected chi connectivity index (χ2v) is 8.67. The van der Waals surface area contributed by atoms with Crippen molar-refractivity contribution in [3.63, 3.8) is 0 Å². The molecule has 37 heavy (non-hydrogen) atoms. The summed E-state index contributed by atoms with van der Waals surface area (Å²) in [7, 11) is 1.29. The van der Waals surface area contributed by atoms with Gasteiger partial charge in [0.25, 0.3) is 0 Å². The van der Waals surface area contributed by atoms with Crippen LogP contribution in [0.25, 0.3) is 5.69 Å². The summed E-state index contributed by atoms with van der Waals surface area (Å²) in [5, 5.41) is 9.49. The molecule has 5 aromatic rings. The first-order valence-corrected chi connectivity index (χ1v) is 11.9. The Bertz CT molecular complexity index is 1470. The fraction of sp³-hybridized carbons (Fsp3) is 0.0625. The molecule has 0 aliphatic rings. The number of aromatic nitrogens is 1. The first-order chi connectivity index (χ1) is 18.1. The lowest BCUT2D eigenvalue weighted by Gasteiger charge is -2.37. The molecule has 0 aliphatic heterocycles. The van der Waals surface area contributed by atoms with Gasteiger partial charge in [-0.05, 0) is 34.4 Å². The van der Waals surface area contributed by atoms with E-state index in [1.165, 1.54) is 7.11 Å². The maximum atomic E-state index is 12.5. The second-order valence-electron chi connectivity index (χ2n) is 8.67. The highest BCUT2D eigenvalue weighted by Gasteiger charge is 2.38. The number of carbonyl (C=O) groups is 1. The Kier molecular flexibility index (Phi) is 6.32. The molecule has 180 valence electrons. The molecule has 0 aliphatic carbocycles. The Morgan fingerprint density at radius 2 is 1.19 bits per heavy atom. The van der Waals surface area contributed by atoms with Crippen LogP contribution in [-0.4, -0.2) is 17.6 Å². The van der Waals surface area contributed by atoms with Crippen molar-refractivity contribution in [1.82, 2.24) is 4.57 Å². The average molecular weight is 484 g/mol. The molecule has 5 rings (SSSR count). The minimum atomic E-state index is -0.602. The lowest BCUT2D eigenvalue weighted by atomic mass is 9.65. The van der Waals surface area contributed by atoms with Gasteiger partial charge in [0.2, 0.25) is 0 Å². The first kappa shape index (κ1) is 23.7. The van der Waals surface area contributed by atoms with Crippen LogP contribution in [0.4, 0.5) is 5.69 Å². The van der Waals surface area contributed by atoms with Gasteiger partial charge in [-0.1, -0.05) is 103 Å². The lowest BCUT2D eigenvalue weighted by Crippen LogP contribution is -2.31.